The Bertz CT molecular complexity index is 454. The molecule has 2 rings (SSSR count). The fourth-order valence-corrected chi connectivity index (χ4v) is 2.77. The molecular formula is C16H23FN2. The maximum absolute atomic E-state index is 14.3. The number of nitrogens with one attached hydrogen (secondary N) is 1. The Hall–Kier alpha value is -1.19. The molecular weight excluding hydrogens is 239 g/mol. The molecule has 0 spiro atoms. The molecule has 1 aliphatic rings. The van der Waals surface area contributed by atoms with Gasteiger partial charge in [0, 0.05) is 5.56 Å². The number of hydrazine groups is 1. The molecule has 0 aliphatic heterocycles. The molecule has 0 bridgehead atoms. The third-order valence-electron chi connectivity index (χ3n) is 3.90. The second-order valence-corrected chi connectivity index (χ2v) is 5.31. The van der Waals surface area contributed by atoms with Crippen LogP contribution in [-0.2, 0) is 0 Å². The van der Waals surface area contributed by atoms with E-state index in [1.54, 1.807) is 13.0 Å². The lowest BCUT2D eigenvalue weighted by Crippen LogP contribution is -2.30. The van der Waals surface area contributed by atoms with Crippen LogP contribution < -0.4 is 11.3 Å². The molecule has 2 nitrogen and oxygen atoms in total. The Morgan fingerprint density at radius 3 is 2.79 bits per heavy atom. The predicted molar refractivity (Wildman–Crippen MR) is 77.0 cm³/mol. The van der Waals surface area contributed by atoms with Gasteiger partial charge in [-0.05, 0) is 38.2 Å². The molecule has 19 heavy (non-hydrogen) atoms. The lowest BCUT2D eigenvalue weighted by atomic mass is 9.90. The van der Waals surface area contributed by atoms with Crippen LogP contribution in [0.1, 0.15) is 55.7 Å². The van der Waals surface area contributed by atoms with Gasteiger partial charge in [-0.15, -0.1) is 0 Å². The summed E-state index contributed by atoms with van der Waals surface area (Å²) < 4.78 is 14.3. The number of halogens is 1. The minimum absolute atomic E-state index is 0.145. The fraction of sp³-hybridized carbons (Fsp3) is 0.500. The van der Waals surface area contributed by atoms with Crippen LogP contribution >= 0.6 is 0 Å². The topological polar surface area (TPSA) is 38.0 Å². The van der Waals surface area contributed by atoms with Gasteiger partial charge in [0.15, 0.2) is 0 Å². The molecule has 1 atom stereocenters. The van der Waals surface area contributed by atoms with Crippen LogP contribution in [0.25, 0.3) is 0 Å². The summed E-state index contributed by atoms with van der Waals surface area (Å²) >= 11 is 0. The second kappa shape index (κ2) is 6.83. The van der Waals surface area contributed by atoms with E-state index in [2.05, 4.69) is 11.5 Å². The highest BCUT2D eigenvalue weighted by Gasteiger charge is 2.19. The lowest BCUT2D eigenvalue weighted by Gasteiger charge is -2.23. The minimum atomic E-state index is -0.196. The Kier molecular flexibility index (Phi) is 5.11. The van der Waals surface area contributed by atoms with Crippen molar-refractivity contribution in [2.24, 2.45) is 5.84 Å². The maximum atomic E-state index is 14.3. The molecule has 1 aliphatic carbocycles. The van der Waals surface area contributed by atoms with Crippen LogP contribution in [0.5, 0.6) is 0 Å². The lowest BCUT2D eigenvalue weighted by molar-refractivity contribution is 0.522. The van der Waals surface area contributed by atoms with Crippen molar-refractivity contribution in [3.63, 3.8) is 0 Å². The predicted octanol–water partition coefficient (Wildman–Crippen LogP) is 3.92. The summed E-state index contributed by atoms with van der Waals surface area (Å²) in [5.41, 5.74) is 5.36. The van der Waals surface area contributed by atoms with Crippen LogP contribution in [-0.4, -0.2) is 0 Å². The van der Waals surface area contributed by atoms with Gasteiger partial charge in [0.1, 0.15) is 5.82 Å². The summed E-state index contributed by atoms with van der Waals surface area (Å²) in [6, 6.07) is 5.31. The first-order valence-corrected chi connectivity index (χ1v) is 7.14. The standard InChI is InChI=1S/C16H23FN2/c1-12-8-7-11-14(15(12)17)16(19-18)13-9-5-3-2-4-6-10-13/h7-9,11,16,19H,2-6,10,18H2,1H3/b13-9+. The monoisotopic (exact) mass is 262 g/mol. The quantitative estimate of drug-likeness (QED) is 0.492. The molecule has 0 fully saturated rings. The Balaban J connectivity index is 2.30. The number of nitrogens with two attached hydrogens (primary N) is 1. The van der Waals surface area contributed by atoms with Crippen molar-refractivity contribution in [3.8, 4) is 0 Å². The zero-order chi connectivity index (χ0) is 13.7. The molecule has 0 saturated carbocycles. The van der Waals surface area contributed by atoms with E-state index in [-0.39, 0.29) is 11.9 Å². The van der Waals surface area contributed by atoms with Crippen molar-refractivity contribution in [1.29, 1.82) is 0 Å². The van der Waals surface area contributed by atoms with E-state index in [1.807, 2.05) is 12.1 Å². The SMILES string of the molecule is Cc1cccc(C(NN)/C2=C/CCCCCC2)c1F. The van der Waals surface area contributed by atoms with Crippen molar-refractivity contribution in [2.75, 3.05) is 0 Å². The first kappa shape index (κ1) is 14.2. The number of rotatable bonds is 3. The highest BCUT2D eigenvalue weighted by atomic mass is 19.1. The summed E-state index contributed by atoms with van der Waals surface area (Å²) in [6.45, 7) is 1.79. The van der Waals surface area contributed by atoms with Crippen molar-refractivity contribution < 1.29 is 4.39 Å². The van der Waals surface area contributed by atoms with E-state index in [0.717, 1.165) is 19.3 Å². The van der Waals surface area contributed by atoms with Gasteiger partial charge < -0.3 is 0 Å². The molecule has 0 radical (unpaired) electrons. The van der Waals surface area contributed by atoms with E-state index in [1.165, 1.54) is 24.8 Å². The van der Waals surface area contributed by atoms with Crippen molar-refractivity contribution in [1.82, 2.24) is 5.43 Å². The summed E-state index contributed by atoms with van der Waals surface area (Å²) in [5, 5.41) is 0. The van der Waals surface area contributed by atoms with Gasteiger partial charge in [-0.2, -0.15) is 0 Å². The van der Waals surface area contributed by atoms with E-state index >= 15 is 0 Å². The van der Waals surface area contributed by atoms with Gasteiger partial charge in [-0.1, -0.05) is 42.7 Å². The van der Waals surface area contributed by atoms with E-state index in [0.29, 0.717) is 11.1 Å². The first-order chi connectivity index (χ1) is 9.24. The Morgan fingerprint density at radius 2 is 2.00 bits per heavy atom. The normalized spacial score (nSPS) is 21.1. The third kappa shape index (κ3) is 3.43. The summed E-state index contributed by atoms with van der Waals surface area (Å²) in [7, 11) is 0. The zero-order valence-corrected chi connectivity index (χ0v) is 11.6. The molecule has 0 saturated heterocycles. The number of allylic oxidation sites excluding steroid dienone is 1. The highest BCUT2D eigenvalue weighted by Crippen LogP contribution is 2.30. The Morgan fingerprint density at radius 1 is 1.21 bits per heavy atom. The molecule has 3 N–H and O–H groups in total. The molecule has 1 aromatic carbocycles. The van der Waals surface area contributed by atoms with Crippen LogP contribution in [0.4, 0.5) is 4.39 Å². The van der Waals surface area contributed by atoms with Crippen LogP contribution in [0.15, 0.2) is 29.8 Å². The zero-order valence-electron chi connectivity index (χ0n) is 11.6. The van der Waals surface area contributed by atoms with Crippen molar-refractivity contribution in [2.45, 2.75) is 51.5 Å². The van der Waals surface area contributed by atoms with Gasteiger partial charge in [-0.25, -0.2) is 9.82 Å². The molecule has 0 amide bonds. The van der Waals surface area contributed by atoms with Gasteiger partial charge in [0.2, 0.25) is 0 Å². The van der Waals surface area contributed by atoms with Gasteiger partial charge >= 0.3 is 0 Å². The van der Waals surface area contributed by atoms with Gasteiger partial charge in [0.05, 0.1) is 6.04 Å². The number of benzene rings is 1. The number of aryl methyl sites for hydroxylation is 1. The van der Waals surface area contributed by atoms with E-state index in [4.69, 9.17) is 5.84 Å². The van der Waals surface area contributed by atoms with Crippen molar-refractivity contribution in [3.05, 3.63) is 46.8 Å². The second-order valence-electron chi connectivity index (χ2n) is 5.31. The largest absolute Gasteiger partial charge is 0.271 e. The average molecular weight is 262 g/mol. The van der Waals surface area contributed by atoms with Crippen LogP contribution in [0, 0.1) is 12.7 Å². The molecule has 1 aromatic rings. The van der Waals surface area contributed by atoms with E-state index < -0.39 is 0 Å². The molecule has 3 heteroatoms. The first-order valence-electron chi connectivity index (χ1n) is 7.14. The third-order valence-corrected chi connectivity index (χ3v) is 3.90. The molecule has 0 heterocycles. The summed E-state index contributed by atoms with van der Waals surface area (Å²) in [6.07, 6.45) is 9.25. The van der Waals surface area contributed by atoms with Gasteiger partial charge in [-0.3, -0.25) is 5.84 Å². The fourth-order valence-electron chi connectivity index (χ4n) is 2.77. The van der Waals surface area contributed by atoms with Crippen molar-refractivity contribution >= 4 is 0 Å². The maximum Gasteiger partial charge on any atom is 0.131 e. The molecule has 0 aromatic heterocycles. The average Bonchev–Trinajstić information content (AvgIpc) is 2.37. The van der Waals surface area contributed by atoms with Crippen LogP contribution in [0.2, 0.25) is 0 Å². The van der Waals surface area contributed by atoms with Gasteiger partial charge in [0.25, 0.3) is 0 Å². The van der Waals surface area contributed by atoms with Crippen LogP contribution in [0.3, 0.4) is 0 Å². The summed E-state index contributed by atoms with van der Waals surface area (Å²) in [5.74, 6) is 5.54. The van der Waals surface area contributed by atoms with E-state index in [9.17, 15) is 4.39 Å². The summed E-state index contributed by atoms with van der Waals surface area (Å²) in [4.78, 5) is 0. The molecule has 104 valence electrons. The smallest absolute Gasteiger partial charge is 0.131 e. The number of hydrogen-bond donors (Lipinski definition) is 2. The minimum Gasteiger partial charge on any atom is -0.271 e. The molecule has 1 unspecified atom stereocenters. The number of hydrogen-bond acceptors (Lipinski definition) is 2. The highest BCUT2D eigenvalue weighted by molar-refractivity contribution is 5.33. The Labute approximate surface area is 114 Å².